The maximum absolute atomic E-state index is 13.1. The van der Waals surface area contributed by atoms with Gasteiger partial charge < -0.3 is 26.0 Å². The molecular formula is C22H31N5O4. The Hall–Kier alpha value is -2.49. The number of para-hydroxylation sites is 1. The minimum absolute atomic E-state index is 0.248. The first-order valence-corrected chi connectivity index (χ1v) is 10.7. The average molecular weight is 430 g/mol. The molecule has 2 aliphatic rings. The van der Waals surface area contributed by atoms with E-state index >= 15 is 0 Å². The molecule has 0 bridgehead atoms. The van der Waals surface area contributed by atoms with Gasteiger partial charge in [-0.3, -0.25) is 9.59 Å². The summed E-state index contributed by atoms with van der Waals surface area (Å²) in [5.41, 5.74) is 6.00. The molecule has 1 amide bonds. The fourth-order valence-corrected chi connectivity index (χ4v) is 5.16. The van der Waals surface area contributed by atoms with Gasteiger partial charge in [0.25, 0.3) is 5.91 Å². The van der Waals surface area contributed by atoms with Gasteiger partial charge in [0.1, 0.15) is 23.5 Å². The lowest BCUT2D eigenvalue weighted by Gasteiger charge is -2.50. The van der Waals surface area contributed by atoms with Crippen LogP contribution >= 0.6 is 0 Å². The number of fused-ring (bicyclic) bond motifs is 1. The van der Waals surface area contributed by atoms with Crippen LogP contribution in [-0.2, 0) is 9.53 Å². The maximum atomic E-state index is 13.1. The van der Waals surface area contributed by atoms with Crippen LogP contribution in [-0.4, -0.2) is 55.8 Å². The number of esters is 1. The number of carbonyl (C=O) groups is 2. The standard InChI is InChI=1S/C22H31N5O4/c1-21(2)10-12(11-22(3,4)27(21)30)20(29)31-15-8-9-24-17(15)19-25-14-7-5-6-13(18(23)28)16(14)26-19/h5-7,12,15,17,24,30H,8-11H2,1-4H3,(H2,23,28)(H,25,26). The van der Waals surface area contributed by atoms with E-state index in [-0.39, 0.29) is 24.0 Å². The van der Waals surface area contributed by atoms with Crippen molar-refractivity contribution in [3.05, 3.63) is 29.6 Å². The highest BCUT2D eigenvalue weighted by atomic mass is 16.5. The molecule has 9 heteroatoms. The number of nitrogens with zero attached hydrogens (tertiary/aromatic N) is 2. The van der Waals surface area contributed by atoms with Gasteiger partial charge >= 0.3 is 5.97 Å². The highest BCUT2D eigenvalue weighted by Crippen LogP contribution is 2.41. The van der Waals surface area contributed by atoms with Crippen LogP contribution in [0, 0.1) is 5.92 Å². The molecular weight excluding hydrogens is 398 g/mol. The Kier molecular flexibility index (Phi) is 5.31. The van der Waals surface area contributed by atoms with Gasteiger partial charge in [-0.25, -0.2) is 4.98 Å². The fraction of sp³-hybridized carbons (Fsp3) is 0.591. The van der Waals surface area contributed by atoms with Crippen molar-refractivity contribution in [3.8, 4) is 0 Å². The van der Waals surface area contributed by atoms with Crippen molar-refractivity contribution in [3.63, 3.8) is 0 Å². The molecule has 1 aromatic carbocycles. The number of aromatic nitrogens is 2. The third kappa shape index (κ3) is 3.93. The molecule has 2 atom stereocenters. The summed E-state index contributed by atoms with van der Waals surface area (Å²) in [6.45, 7) is 8.41. The zero-order chi connectivity index (χ0) is 22.6. The summed E-state index contributed by atoms with van der Waals surface area (Å²) in [7, 11) is 0. The van der Waals surface area contributed by atoms with Gasteiger partial charge in [0.2, 0.25) is 0 Å². The zero-order valence-corrected chi connectivity index (χ0v) is 18.4. The van der Waals surface area contributed by atoms with Gasteiger partial charge in [-0.2, -0.15) is 5.06 Å². The molecule has 4 rings (SSSR count). The van der Waals surface area contributed by atoms with Crippen molar-refractivity contribution in [2.24, 2.45) is 11.7 Å². The lowest BCUT2D eigenvalue weighted by atomic mass is 9.75. The average Bonchev–Trinajstić information content (AvgIpc) is 3.31. The van der Waals surface area contributed by atoms with Crippen molar-refractivity contribution < 1.29 is 19.5 Å². The highest BCUT2D eigenvalue weighted by molar-refractivity contribution is 6.04. The molecule has 5 N–H and O–H groups in total. The predicted molar refractivity (Wildman–Crippen MR) is 114 cm³/mol. The first-order chi connectivity index (χ1) is 14.5. The molecule has 2 saturated heterocycles. The number of hydrogen-bond acceptors (Lipinski definition) is 7. The van der Waals surface area contributed by atoms with E-state index in [2.05, 4.69) is 15.3 Å². The van der Waals surface area contributed by atoms with E-state index in [9.17, 15) is 14.8 Å². The van der Waals surface area contributed by atoms with E-state index in [4.69, 9.17) is 10.5 Å². The molecule has 168 valence electrons. The van der Waals surface area contributed by atoms with E-state index in [0.29, 0.717) is 48.2 Å². The number of ether oxygens (including phenoxy) is 1. The molecule has 0 saturated carbocycles. The van der Waals surface area contributed by atoms with Crippen molar-refractivity contribution in [1.82, 2.24) is 20.3 Å². The number of primary amides is 1. The number of hydroxylamine groups is 2. The Morgan fingerprint density at radius 1 is 1.23 bits per heavy atom. The number of hydrogen-bond donors (Lipinski definition) is 4. The lowest BCUT2D eigenvalue weighted by Crippen LogP contribution is -2.60. The maximum Gasteiger partial charge on any atom is 0.309 e. The predicted octanol–water partition coefficient (Wildman–Crippen LogP) is 2.27. The van der Waals surface area contributed by atoms with Gasteiger partial charge in [0.15, 0.2) is 0 Å². The van der Waals surface area contributed by atoms with Gasteiger partial charge in [0, 0.05) is 11.1 Å². The Balaban J connectivity index is 1.53. The number of aromatic amines is 1. The number of imidazole rings is 1. The Morgan fingerprint density at radius 2 is 1.90 bits per heavy atom. The minimum Gasteiger partial charge on any atom is -0.460 e. The number of nitrogens with one attached hydrogen (secondary N) is 2. The lowest BCUT2D eigenvalue weighted by molar-refractivity contribution is -0.252. The quantitative estimate of drug-likeness (QED) is 0.548. The molecule has 0 radical (unpaired) electrons. The van der Waals surface area contributed by atoms with Crippen molar-refractivity contribution >= 4 is 22.9 Å². The van der Waals surface area contributed by atoms with Crippen molar-refractivity contribution in [2.75, 3.05) is 6.54 Å². The van der Waals surface area contributed by atoms with Gasteiger partial charge in [-0.05, 0) is 65.6 Å². The van der Waals surface area contributed by atoms with E-state index in [0.717, 1.165) is 0 Å². The molecule has 3 heterocycles. The van der Waals surface area contributed by atoms with Crippen LogP contribution in [0.5, 0.6) is 0 Å². The van der Waals surface area contributed by atoms with E-state index in [1.54, 1.807) is 12.1 Å². The number of piperidine rings is 1. The van der Waals surface area contributed by atoms with Gasteiger partial charge in [-0.1, -0.05) is 6.07 Å². The van der Waals surface area contributed by atoms with Crippen LogP contribution < -0.4 is 11.1 Å². The summed E-state index contributed by atoms with van der Waals surface area (Å²) in [4.78, 5) is 32.6. The summed E-state index contributed by atoms with van der Waals surface area (Å²) in [6.07, 6.45) is 1.33. The summed E-state index contributed by atoms with van der Waals surface area (Å²) in [6, 6.07) is 4.93. The number of rotatable bonds is 4. The Labute approximate surface area is 181 Å². The SMILES string of the molecule is CC1(C)CC(C(=O)OC2CCNC2c2nc3c(C(N)=O)cccc3[nH]2)CC(C)(C)N1O. The second-order valence-corrected chi connectivity index (χ2v) is 9.93. The highest BCUT2D eigenvalue weighted by Gasteiger charge is 2.48. The van der Waals surface area contributed by atoms with Crippen LogP contribution in [0.1, 0.15) is 69.2 Å². The van der Waals surface area contributed by atoms with E-state index in [1.165, 1.54) is 5.06 Å². The van der Waals surface area contributed by atoms with Crippen LogP contribution in [0.2, 0.25) is 0 Å². The Bertz CT molecular complexity index is 996. The zero-order valence-electron chi connectivity index (χ0n) is 18.4. The molecule has 2 unspecified atom stereocenters. The monoisotopic (exact) mass is 429 g/mol. The molecule has 9 nitrogen and oxygen atoms in total. The van der Waals surface area contributed by atoms with Crippen molar-refractivity contribution in [2.45, 2.75) is 70.2 Å². The second kappa shape index (κ2) is 7.58. The van der Waals surface area contributed by atoms with E-state index in [1.807, 2.05) is 33.8 Å². The molecule has 2 fully saturated rings. The molecule has 2 aromatic rings. The number of H-pyrrole nitrogens is 1. The summed E-state index contributed by atoms with van der Waals surface area (Å²) in [5.74, 6) is -0.468. The second-order valence-electron chi connectivity index (χ2n) is 9.93. The van der Waals surface area contributed by atoms with Gasteiger partial charge in [-0.15, -0.1) is 0 Å². The summed E-state index contributed by atoms with van der Waals surface area (Å²) in [5, 5.41) is 15.2. The van der Waals surface area contributed by atoms with Crippen LogP contribution in [0.25, 0.3) is 11.0 Å². The largest absolute Gasteiger partial charge is 0.460 e. The smallest absolute Gasteiger partial charge is 0.309 e. The van der Waals surface area contributed by atoms with Gasteiger partial charge in [0.05, 0.1) is 17.0 Å². The first-order valence-electron chi connectivity index (χ1n) is 10.7. The van der Waals surface area contributed by atoms with E-state index < -0.39 is 17.0 Å². The fourth-order valence-electron chi connectivity index (χ4n) is 5.16. The van der Waals surface area contributed by atoms with Crippen molar-refractivity contribution in [1.29, 1.82) is 0 Å². The Morgan fingerprint density at radius 3 is 2.55 bits per heavy atom. The minimum atomic E-state index is -0.536. The number of carbonyl (C=O) groups excluding carboxylic acids is 2. The number of nitrogens with two attached hydrogens (primary N) is 1. The molecule has 31 heavy (non-hydrogen) atoms. The summed E-state index contributed by atoms with van der Waals surface area (Å²) < 4.78 is 5.96. The normalized spacial score (nSPS) is 26.2. The topological polar surface area (TPSA) is 134 Å². The molecule has 2 aliphatic heterocycles. The number of benzene rings is 1. The molecule has 1 aromatic heterocycles. The van der Waals surface area contributed by atoms with Crippen LogP contribution in [0.4, 0.5) is 0 Å². The van der Waals surface area contributed by atoms with Crippen LogP contribution in [0.3, 0.4) is 0 Å². The third-order valence-electron chi connectivity index (χ3n) is 6.50. The molecule has 0 spiro atoms. The number of amides is 1. The van der Waals surface area contributed by atoms with Crippen LogP contribution in [0.15, 0.2) is 18.2 Å². The first kappa shape index (κ1) is 21.7. The third-order valence-corrected chi connectivity index (χ3v) is 6.50. The molecule has 0 aliphatic carbocycles. The summed E-state index contributed by atoms with van der Waals surface area (Å²) >= 11 is 0.